The Morgan fingerprint density at radius 3 is 1.61 bits per heavy atom. The molecule has 0 bridgehead atoms. The maximum atomic E-state index is 2.76. The predicted molar refractivity (Wildman–Crippen MR) is 125 cm³/mol. The molecule has 0 aromatic heterocycles. The van der Waals surface area contributed by atoms with Gasteiger partial charge in [0.15, 0.2) is 0 Å². The molecule has 1 aliphatic rings. The highest BCUT2D eigenvalue weighted by molar-refractivity contribution is 5.31. The maximum Gasteiger partial charge on any atom is 0.0153 e. The molecule has 0 amide bonds. The van der Waals surface area contributed by atoms with Gasteiger partial charge in [0.25, 0.3) is 0 Å². The molecule has 1 saturated heterocycles. The monoisotopic (exact) mass is 385 g/mol. The number of hydrogen-bond donors (Lipinski definition) is 0. The van der Waals surface area contributed by atoms with Gasteiger partial charge in [-0.1, -0.05) is 79.7 Å². The predicted octanol–water partition coefficient (Wildman–Crippen LogP) is 7.58. The highest BCUT2D eigenvalue weighted by Crippen LogP contribution is 2.38. The molecule has 0 radical (unpaired) electrons. The second kappa shape index (κ2) is 8.13. The summed E-state index contributed by atoms with van der Waals surface area (Å²) in [5.41, 5.74) is 4.08. The average Bonchev–Trinajstić information content (AvgIpc) is 2.59. The van der Waals surface area contributed by atoms with Crippen LogP contribution in [0.5, 0.6) is 0 Å². The molecule has 0 aliphatic carbocycles. The summed E-state index contributed by atoms with van der Waals surface area (Å²) in [7, 11) is 0. The Hall–Kier alpha value is -0.820. The first-order chi connectivity index (χ1) is 12.6. The fourth-order valence-electron chi connectivity index (χ4n) is 4.69. The van der Waals surface area contributed by atoms with E-state index in [4.69, 9.17) is 0 Å². The summed E-state index contributed by atoms with van der Waals surface area (Å²) in [4.78, 5) is 2.76. The van der Waals surface area contributed by atoms with Gasteiger partial charge in [-0.15, -0.1) is 0 Å². The van der Waals surface area contributed by atoms with Crippen molar-refractivity contribution in [2.75, 3.05) is 13.1 Å². The fraction of sp³-hybridized carbons (Fsp3) is 0.778. The molecule has 1 heterocycles. The van der Waals surface area contributed by atoms with Crippen LogP contribution in [-0.4, -0.2) is 23.5 Å². The topological polar surface area (TPSA) is 3.24 Å². The van der Waals surface area contributed by atoms with Crippen molar-refractivity contribution in [2.24, 2.45) is 11.3 Å². The molecule has 0 atom stereocenters. The zero-order valence-electron chi connectivity index (χ0n) is 20.6. The van der Waals surface area contributed by atoms with Crippen LogP contribution in [-0.2, 0) is 10.8 Å². The summed E-state index contributed by atoms with van der Waals surface area (Å²) in [6.07, 6.45) is 5.18. The molecule has 0 N–H and O–H groups in total. The van der Waals surface area contributed by atoms with Crippen molar-refractivity contribution in [3.8, 4) is 0 Å². The van der Waals surface area contributed by atoms with Gasteiger partial charge in [0.2, 0.25) is 0 Å². The molecule has 1 aromatic carbocycles. The minimum atomic E-state index is 0.220. The Bertz CT molecular complexity index is 614. The third-order valence-electron chi connectivity index (χ3n) is 7.47. The lowest BCUT2D eigenvalue weighted by atomic mass is 9.73. The Morgan fingerprint density at radius 2 is 1.18 bits per heavy atom. The number of piperidine rings is 1. The van der Waals surface area contributed by atoms with Crippen LogP contribution < -0.4 is 0 Å². The molecule has 1 aromatic rings. The molecular weight excluding hydrogens is 338 g/mol. The van der Waals surface area contributed by atoms with Crippen LogP contribution in [0.1, 0.15) is 106 Å². The van der Waals surface area contributed by atoms with Gasteiger partial charge < -0.3 is 0 Å². The number of hydrogen-bond acceptors (Lipinski definition) is 1. The third kappa shape index (κ3) is 5.85. The van der Waals surface area contributed by atoms with E-state index in [0.29, 0.717) is 5.41 Å². The van der Waals surface area contributed by atoms with Crippen LogP contribution in [0.2, 0.25) is 0 Å². The third-order valence-corrected chi connectivity index (χ3v) is 7.47. The van der Waals surface area contributed by atoms with Gasteiger partial charge in [0.1, 0.15) is 0 Å². The standard InChI is InChI=1S/C27H47N/c1-24(2,3)21-11-13-23(14-12-21)26(7,8)17-18-27(9,10)28-19-15-22(16-20-28)25(4,5)6/h11-14,22H,15-20H2,1-10H3. The molecule has 28 heavy (non-hydrogen) atoms. The molecule has 1 heteroatoms. The molecule has 0 saturated carbocycles. The highest BCUT2D eigenvalue weighted by Gasteiger charge is 2.35. The summed E-state index contributed by atoms with van der Waals surface area (Å²) >= 11 is 0. The Balaban J connectivity index is 1.97. The number of nitrogens with zero attached hydrogens (tertiary/aromatic N) is 1. The Labute approximate surface area is 176 Å². The van der Waals surface area contributed by atoms with Crippen LogP contribution >= 0.6 is 0 Å². The number of benzene rings is 1. The van der Waals surface area contributed by atoms with Crippen LogP contribution in [0.4, 0.5) is 0 Å². The first-order valence-electron chi connectivity index (χ1n) is 11.5. The zero-order valence-corrected chi connectivity index (χ0v) is 20.6. The molecule has 160 valence electrons. The van der Waals surface area contributed by atoms with E-state index >= 15 is 0 Å². The lowest BCUT2D eigenvalue weighted by Gasteiger charge is -2.46. The van der Waals surface area contributed by atoms with E-state index in [0.717, 1.165) is 5.92 Å². The normalized spacial score (nSPS) is 18.5. The second-order valence-electron chi connectivity index (χ2n) is 12.7. The molecular formula is C27H47N. The van der Waals surface area contributed by atoms with Crippen molar-refractivity contribution in [3.63, 3.8) is 0 Å². The van der Waals surface area contributed by atoms with E-state index in [-0.39, 0.29) is 16.4 Å². The van der Waals surface area contributed by atoms with Crippen molar-refractivity contribution in [2.45, 2.75) is 111 Å². The summed E-state index contributed by atoms with van der Waals surface area (Å²) in [6, 6.07) is 9.39. The van der Waals surface area contributed by atoms with Crippen molar-refractivity contribution < 1.29 is 0 Å². The van der Waals surface area contributed by atoms with Gasteiger partial charge in [0.05, 0.1) is 0 Å². The minimum absolute atomic E-state index is 0.220. The fourth-order valence-corrected chi connectivity index (χ4v) is 4.69. The lowest BCUT2D eigenvalue weighted by molar-refractivity contribution is 0.0360. The highest BCUT2D eigenvalue weighted by atomic mass is 15.2. The van der Waals surface area contributed by atoms with Gasteiger partial charge in [-0.05, 0) is 85.9 Å². The molecule has 1 fully saturated rings. The van der Waals surface area contributed by atoms with E-state index in [9.17, 15) is 0 Å². The van der Waals surface area contributed by atoms with Crippen molar-refractivity contribution in [3.05, 3.63) is 35.4 Å². The van der Waals surface area contributed by atoms with Gasteiger partial charge in [0, 0.05) is 5.54 Å². The Morgan fingerprint density at radius 1 is 0.714 bits per heavy atom. The largest absolute Gasteiger partial charge is 0.298 e. The van der Waals surface area contributed by atoms with Gasteiger partial charge >= 0.3 is 0 Å². The van der Waals surface area contributed by atoms with Crippen molar-refractivity contribution in [1.82, 2.24) is 4.90 Å². The first kappa shape index (κ1) is 23.5. The van der Waals surface area contributed by atoms with E-state index < -0.39 is 0 Å². The van der Waals surface area contributed by atoms with E-state index in [2.05, 4.69) is 98.4 Å². The molecule has 1 aliphatic heterocycles. The second-order valence-corrected chi connectivity index (χ2v) is 12.7. The van der Waals surface area contributed by atoms with E-state index in [1.54, 1.807) is 0 Å². The zero-order chi connectivity index (χ0) is 21.4. The maximum absolute atomic E-state index is 2.76. The number of rotatable bonds is 5. The van der Waals surface area contributed by atoms with Crippen LogP contribution in [0, 0.1) is 11.3 Å². The Kier molecular flexibility index (Phi) is 6.81. The van der Waals surface area contributed by atoms with Gasteiger partial charge in [-0.25, -0.2) is 0 Å². The smallest absolute Gasteiger partial charge is 0.0153 e. The van der Waals surface area contributed by atoms with Crippen molar-refractivity contribution in [1.29, 1.82) is 0 Å². The SMILES string of the molecule is CC(C)(C)c1ccc(C(C)(C)CCC(C)(C)N2CCC(C(C)(C)C)CC2)cc1. The van der Waals surface area contributed by atoms with Crippen LogP contribution in [0.15, 0.2) is 24.3 Å². The van der Waals surface area contributed by atoms with Crippen molar-refractivity contribution >= 4 is 0 Å². The van der Waals surface area contributed by atoms with E-state index in [1.807, 2.05) is 0 Å². The molecule has 0 spiro atoms. The summed E-state index contributed by atoms with van der Waals surface area (Å²) in [6.45, 7) is 26.4. The summed E-state index contributed by atoms with van der Waals surface area (Å²) < 4.78 is 0. The first-order valence-corrected chi connectivity index (χ1v) is 11.5. The molecule has 2 rings (SSSR count). The summed E-state index contributed by atoms with van der Waals surface area (Å²) in [5, 5.41) is 0. The van der Waals surface area contributed by atoms with Gasteiger partial charge in [-0.2, -0.15) is 0 Å². The average molecular weight is 386 g/mol. The minimum Gasteiger partial charge on any atom is -0.298 e. The van der Waals surface area contributed by atoms with Crippen LogP contribution in [0.3, 0.4) is 0 Å². The van der Waals surface area contributed by atoms with Gasteiger partial charge in [-0.3, -0.25) is 4.90 Å². The summed E-state index contributed by atoms with van der Waals surface area (Å²) in [5.74, 6) is 0.873. The van der Waals surface area contributed by atoms with E-state index in [1.165, 1.54) is 49.9 Å². The molecule has 0 unspecified atom stereocenters. The number of likely N-dealkylation sites (tertiary alicyclic amines) is 1. The molecule has 1 nitrogen and oxygen atoms in total. The lowest BCUT2D eigenvalue weighted by Crippen LogP contribution is -2.50. The van der Waals surface area contributed by atoms with Crippen LogP contribution in [0.25, 0.3) is 0 Å². The quantitative estimate of drug-likeness (QED) is 0.505.